The van der Waals surface area contributed by atoms with Crippen LogP contribution < -0.4 is 20.7 Å². The average molecular weight is 773 g/mol. The molecule has 2 aromatic heterocycles. The number of aromatic nitrogens is 2. The fraction of sp³-hybridized carbons (Fsp3) is 0. The summed E-state index contributed by atoms with van der Waals surface area (Å²) >= 11 is 1.87. The van der Waals surface area contributed by atoms with Gasteiger partial charge in [-0.2, -0.15) is 0 Å². The minimum absolute atomic E-state index is 1.15. The van der Waals surface area contributed by atoms with E-state index in [1.165, 1.54) is 91.0 Å². The number of fused-ring (bicyclic) bond motifs is 8. The molecule has 58 heavy (non-hydrogen) atoms. The molecule has 0 saturated heterocycles. The van der Waals surface area contributed by atoms with Gasteiger partial charge in [0.05, 0.1) is 27.8 Å². The van der Waals surface area contributed by atoms with Crippen molar-refractivity contribution < 1.29 is 0 Å². The standard InChI is InChI=1S/C54H36N2SSi/c1-4-15-40(16-5-1)58(41-17-6-2-7-18-41,42-19-8-3-9-20-42)43-32-33-50-47(36-43)45-22-11-12-24-48(45)55(50)39-30-27-37(28-31-39)38-29-34-52-51(35-38)56-49-25-13-10-21-44(49)46-23-14-26-53(57-52)54(46)56/h1-36H. The van der Waals surface area contributed by atoms with Crippen LogP contribution >= 0.6 is 11.8 Å². The van der Waals surface area contributed by atoms with Crippen molar-refractivity contribution in [1.82, 2.24) is 9.13 Å². The molecule has 0 unspecified atom stereocenters. The predicted octanol–water partition coefficient (Wildman–Crippen LogP) is 11.4. The van der Waals surface area contributed by atoms with Gasteiger partial charge in [-0.1, -0.05) is 182 Å². The van der Waals surface area contributed by atoms with Crippen molar-refractivity contribution in [2.75, 3.05) is 0 Å². The van der Waals surface area contributed by atoms with E-state index < -0.39 is 8.07 Å². The molecule has 0 N–H and O–H groups in total. The highest BCUT2D eigenvalue weighted by atomic mass is 32.2. The molecule has 0 saturated carbocycles. The normalized spacial score (nSPS) is 12.4. The molecule has 1 aliphatic heterocycles. The molecule has 12 rings (SSSR count). The topological polar surface area (TPSA) is 9.86 Å². The van der Waals surface area contributed by atoms with Crippen LogP contribution in [0.25, 0.3) is 66.1 Å². The van der Waals surface area contributed by atoms with Gasteiger partial charge < -0.3 is 9.13 Å². The van der Waals surface area contributed by atoms with Crippen LogP contribution in [0.4, 0.5) is 0 Å². The molecule has 0 atom stereocenters. The molecule has 0 aliphatic carbocycles. The fourth-order valence-electron chi connectivity index (χ4n) is 9.75. The van der Waals surface area contributed by atoms with E-state index in [1.54, 1.807) is 0 Å². The van der Waals surface area contributed by atoms with Crippen LogP contribution in [0.1, 0.15) is 0 Å². The Morgan fingerprint density at radius 2 is 0.862 bits per heavy atom. The Morgan fingerprint density at radius 1 is 0.328 bits per heavy atom. The van der Waals surface area contributed by atoms with Crippen LogP contribution in [0, 0.1) is 0 Å². The monoisotopic (exact) mass is 772 g/mol. The van der Waals surface area contributed by atoms with Crippen LogP contribution in [-0.2, 0) is 0 Å². The third-order valence-corrected chi connectivity index (χ3v) is 18.2. The minimum Gasteiger partial charge on any atom is -0.309 e. The molecule has 0 radical (unpaired) electrons. The van der Waals surface area contributed by atoms with Gasteiger partial charge in [-0.05, 0) is 80.4 Å². The number of rotatable bonds is 6. The predicted molar refractivity (Wildman–Crippen MR) is 248 cm³/mol. The molecule has 0 amide bonds. The first kappa shape index (κ1) is 33.3. The number of nitrogens with zero attached hydrogens (tertiary/aromatic N) is 2. The van der Waals surface area contributed by atoms with Gasteiger partial charge in [0.2, 0.25) is 0 Å². The second-order valence-corrected chi connectivity index (χ2v) is 20.2. The van der Waals surface area contributed by atoms with Crippen LogP contribution in [0.2, 0.25) is 0 Å². The summed E-state index contributed by atoms with van der Waals surface area (Å²) in [6.07, 6.45) is 0. The van der Waals surface area contributed by atoms with Gasteiger partial charge in [0.15, 0.2) is 8.07 Å². The summed E-state index contributed by atoms with van der Waals surface area (Å²) in [5, 5.41) is 10.7. The molecule has 0 spiro atoms. The Labute approximate surface area is 342 Å². The summed E-state index contributed by atoms with van der Waals surface area (Å²) in [6.45, 7) is 0. The molecule has 1 aliphatic rings. The van der Waals surface area contributed by atoms with Crippen molar-refractivity contribution in [3.63, 3.8) is 0 Å². The van der Waals surface area contributed by atoms with Gasteiger partial charge in [0.25, 0.3) is 0 Å². The maximum atomic E-state index is 2.51. The molecule has 0 bridgehead atoms. The molecule has 4 heteroatoms. The first-order chi connectivity index (χ1) is 28.8. The maximum Gasteiger partial charge on any atom is 0.179 e. The van der Waals surface area contributed by atoms with Crippen molar-refractivity contribution >= 4 is 84.2 Å². The third-order valence-electron chi connectivity index (χ3n) is 12.3. The molecule has 2 nitrogen and oxygen atoms in total. The molecule has 0 fully saturated rings. The Kier molecular flexibility index (Phi) is 7.52. The molecule has 3 heterocycles. The zero-order valence-electron chi connectivity index (χ0n) is 31.6. The summed E-state index contributed by atoms with van der Waals surface area (Å²) in [7, 11) is -2.69. The SMILES string of the molecule is c1ccc([Si](c2ccccc2)(c2ccccc2)c2ccc3c(c2)c2ccccc2n3-c2ccc(-c3ccc4c(c3)-n3c5ccccc5c5cccc(c53)S4)cc2)cc1. The van der Waals surface area contributed by atoms with Crippen molar-refractivity contribution in [2.45, 2.75) is 9.79 Å². The van der Waals surface area contributed by atoms with Gasteiger partial charge in [0, 0.05) is 37.0 Å². The van der Waals surface area contributed by atoms with E-state index in [9.17, 15) is 0 Å². The highest BCUT2D eigenvalue weighted by Crippen LogP contribution is 2.47. The second kappa shape index (κ2) is 13.1. The lowest BCUT2D eigenvalue weighted by Crippen LogP contribution is -2.74. The summed E-state index contributed by atoms with van der Waals surface area (Å²) in [5.41, 5.74) is 9.80. The zero-order chi connectivity index (χ0) is 38.2. The van der Waals surface area contributed by atoms with Crippen molar-refractivity contribution in [3.05, 3.63) is 218 Å². The smallest absolute Gasteiger partial charge is 0.179 e. The average Bonchev–Trinajstić information content (AvgIpc) is 3.82. The van der Waals surface area contributed by atoms with Gasteiger partial charge in [0.1, 0.15) is 0 Å². The Morgan fingerprint density at radius 3 is 1.52 bits per heavy atom. The van der Waals surface area contributed by atoms with Gasteiger partial charge in [-0.25, -0.2) is 0 Å². The van der Waals surface area contributed by atoms with E-state index in [4.69, 9.17) is 0 Å². The highest BCUT2D eigenvalue weighted by molar-refractivity contribution is 7.99. The van der Waals surface area contributed by atoms with Crippen LogP contribution in [0.5, 0.6) is 0 Å². The third kappa shape index (κ3) is 4.86. The van der Waals surface area contributed by atoms with E-state index in [0.717, 1.165) is 5.69 Å². The van der Waals surface area contributed by atoms with Gasteiger partial charge in [-0.15, -0.1) is 0 Å². The Hall–Kier alpha value is -6.85. The largest absolute Gasteiger partial charge is 0.309 e. The quantitative estimate of drug-likeness (QED) is 0.121. The summed E-state index contributed by atoms with van der Waals surface area (Å²) in [5.74, 6) is 0. The van der Waals surface area contributed by atoms with Gasteiger partial charge in [-0.3, -0.25) is 0 Å². The number of hydrogen-bond acceptors (Lipinski definition) is 1. The molecular formula is C54H36N2SSi. The fourth-order valence-corrected chi connectivity index (χ4v) is 15.6. The Bertz CT molecular complexity index is 3250. The number of benzene rings is 9. The summed E-state index contributed by atoms with van der Waals surface area (Å²) in [6, 6.07) is 81.4. The van der Waals surface area contributed by atoms with Crippen molar-refractivity contribution in [1.29, 1.82) is 0 Å². The lowest BCUT2D eigenvalue weighted by molar-refractivity contribution is 1.09. The summed E-state index contributed by atoms with van der Waals surface area (Å²) < 4.78 is 4.92. The zero-order valence-corrected chi connectivity index (χ0v) is 33.4. The lowest BCUT2D eigenvalue weighted by Gasteiger charge is -2.34. The van der Waals surface area contributed by atoms with Crippen LogP contribution in [-0.4, -0.2) is 17.2 Å². The highest BCUT2D eigenvalue weighted by Gasteiger charge is 2.41. The van der Waals surface area contributed by atoms with Crippen LogP contribution in [0.3, 0.4) is 0 Å². The van der Waals surface area contributed by atoms with E-state index in [1.807, 2.05) is 11.8 Å². The van der Waals surface area contributed by atoms with E-state index in [0.29, 0.717) is 0 Å². The second-order valence-electron chi connectivity index (χ2n) is 15.3. The number of hydrogen-bond donors (Lipinski definition) is 0. The van der Waals surface area contributed by atoms with E-state index >= 15 is 0 Å². The molecule has 272 valence electrons. The van der Waals surface area contributed by atoms with Crippen LogP contribution in [0.15, 0.2) is 228 Å². The van der Waals surface area contributed by atoms with E-state index in [-0.39, 0.29) is 0 Å². The maximum absolute atomic E-state index is 2.69. The first-order valence-electron chi connectivity index (χ1n) is 19.9. The molecule has 11 aromatic rings. The van der Waals surface area contributed by atoms with Crippen molar-refractivity contribution in [2.24, 2.45) is 0 Å². The number of para-hydroxylation sites is 3. The summed E-state index contributed by atoms with van der Waals surface area (Å²) in [4.78, 5) is 2.59. The molecular weight excluding hydrogens is 737 g/mol. The molecule has 9 aromatic carbocycles. The van der Waals surface area contributed by atoms with Crippen molar-refractivity contribution in [3.8, 4) is 22.5 Å². The van der Waals surface area contributed by atoms with Gasteiger partial charge >= 0.3 is 0 Å². The Balaban J connectivity index is 1.00. The van der Waals surface area contributed by atoms with E-state index in [2.05, 4.69) is 228 Å². The first-order valence-corrected chi connectivity index (χ1v) is 22.7. The lowest BCUT2D eigenvalue weighted by atomic mass is 10.0. The minimum atomic E-state index is -2.69.